The van der Waals surface area contributed by atoms with Crippen LogP contribution in [0.1, 0.15) is 48.7 Å². The van der Waals surface area contributed by atoms with Crippen molar-refractivity contribution in [1.82, 2.24) is 20.0 Å². The summed E-state index contributed by atoms with van der Waals surface area (Å²) >= 11 is 0. The Balaban J connectivity index is 1.69. The van der Waals surface area contributed by atoms with Gasteiger partial charge in [0.25, 0.3) is 0 Å². The Labute approximate surface area is 167 Å². The fourth-order valence-corrected chi connectivity index (χ4v) is 4.58. The molecule has 2 aliphatic heterocycles. The standard InChI is InChI=1S/C21H31N5O2/c1-14-19(15(2)28-24-14)18-12-22-21(25(3)4)23-20(18)16-6-5-9-26(13-16)17-7-10-27-11-8-17/h12,16-17H,5-11,13H2,1-4H3/t16-/m1/s1. The molecule has 0 unspecified atom stereocenters. The van der Waals surface area contributed by atoms with Gasteiger partial charge in [-0.25, -0.2) is 9.97 Å². The average molecular weight is 386 g/mol. The minimum Gasteiger partial charge on any atom is -0.381 e. The predicted molar refractivity (Wildman–Crippen MR) is 109 cm³/mol. The van der Waals surface area contributed by atoms with Gasteiger partial charge in [0.1, 0.15) is 5.76 Å². The third-order valence-corrected chi connectivity index (χ3v) is 6.05. The Morgan fingerprint density at radius 2 is 1.93 bits per heavy atom. The molecule has 0 spiro atoms. The van der Waals surface area contributed by atoms with Gasteiger partial charge in [0.15, 0.2) is 0 Å². The van der Waals surface area contributed by atoms with Crippen LogP contribution in [0, 0.1) is 13.8 Å². The minimum absolute atomic E-state index is 0.391. The van der Waals surface area contributed by atoms with Gasteiger partial charge in [0, 0.05) is 57.6 Å². The fourth-order valence-electron chi connectivity index (χ4n) is 4.58. The zero-order valence-electron chi connectivity index (χ0n) is 17.4. The molecule has 0 saturated carbocycles. The van der Waals surface area contributed by atoms with Crippen molar-refractivity contribution in [2.75, 3.05) is 45.3 Å². The monoisotopic (exact) mass is 385 g/mol. The summed E-state index contributed by atoms with van der Waals surface area (Å²) in [5.41, 5.74) is 4.14. The maximum atomic E-state index is 5.57. The molecule has 0 radical (unpaired) electrons. The third-order valence-electron chi connectivity index (χ3n) is 6.05. The second-order valence-corrected chi connectivity index (χ2v) is 8.24. The van der Waals surface area contributed by atoms with Crippen LogP contribution in [0.25, 0.3) is 11.1 Å². The SMILES string of the molecule is Cc1noc(C)c1-c1cnc(N(C)C)nc1[C@@H]1CCCN(C2CCOCC2)C1. The number of piperidine rings is 1. The molecular formula is C21H31N5O2. The van der Waals surface area contributed by atoms with Crippen molar-refractivity contribution in [1.29, 1.82) is 0 Å². The molecule has 2 fully saturated rings. The van der Waals surface area contributed by atoms with Gasteiger partial charge in [-0.15, -0.1) is 0 Å². The van der Waals surface area contributed by atoms with Crippen LogP contribution in [0.3, 0.4) is 0 Å². The van der Waals surface area contributed by atoms with Gasteiger partial charge >= 0.3 is 0 Å². The molecule has 1 atom stereocenters. The number of aryl methyl sites for hydroxylation is 2. The smallest absolute Gasteiger partial charge is 0.225 e. The van der Waals surface area contributed by atoms with E-state index in [4.69, 9.17) is 14.2 Å². The van der Waals surface area contributed by atoms with Crippen LogP contribution in [-0.2, 0) is 4.74 Å². The second kappa shape index (κ2) is 8.17. The Morgan fingerprint density at radius 1 is 1.14 bits per heavy atom. The highest BCUT2D eigenvalue weighted by Gasteiger charge is 2.31. The van der Waals surface area contributed by atoms with Crippen LogP contribution in [0.2, 0.25) is 0 Å². The van der Waals surface area contributed by atoms with Crippen LogP contribution in [0.15, 0.2) is 10.7 Å². The molecule has 7 nitrogen and oxygen atoms in total. The zero-order chi connectivity index (χ0) is 19.7. The molecule has 0 aliphatic carbocycles. The summed E-state index contributed by atoms with van der Waals surface area (Å²) < 4.78 is 11.0. The van der Waals surface area contributed by atoms with E-state index in [9.17, 15) is 0 Å². The molecular weight excluding hydrogens is 354 g/mol. The number of anilines is 1. The molecule has 28 heavy (non-hydrogen) atoms. The lowest BCUT2D eigenvalue weighted by Gasteiger charge is -2.40. The van der Waals surface area contributed by atoms with Crippen molar-refractivity contribution in [3.8, 4) is 11.1 Å². The summed E-state index contributed by atoms with van der Waals surface area (Å²) in [4.78, 5) is 14.2. The highest BCUT2D eigenvalue weighted by atomic mass is 16.5. The maximum absolute atomic E-state index is 5.57. The molecule has 2 aliphatic rings. The molecule has 0 amide bonds. The lowest BCUT2D eigenvalue weighted by Crippen LogP contribution is -2.44. The van der Waals surface area contributed by atoms with Gasteiger partial charge < -0.3 is 14.2 Å². The molecule has 2 aromatic heterocycles. The highest BCUT2D eigenvalue weighted by Crippen LogP contribution is 2.37. The van der Waals surface area contributed by atoms with Crippen molar-refractivity contribution >= 4 is 5.95 Å². The first-order valence-electron chi connectivity index (χ1n) is 10.3. The minimum atomic E-state index is 0.391. The Morgan fingerprint density at radius 3 is 2.61 bits per heavy atom. The van der Waals surface area contributed by atoms with Crippen molar-refractivity contribution < 1.29 is 9.26 Å². The molecule has 4 heterocycles. The lowest BCUT2D eigenvalue weighted by atomic mass is 9.88. The maximum Gasteiger partial charge on any atom is 0.225 e. The van der Waals surface area contributed by atoms with Gasteiger partial charge in [-0.3, -0.25) is 4.90 Å². The van der Waals surface area contributed by atoms with E-state index in [1.165, 1.54) is 13.0 Å². The van der Waals surface area contributed by atoms with E-state index in [2.05, 4.69) is 15.0 Å². The van der Waals surface area contributed by atoms with Gasteiger partial charge in [-0.05, 0) is 46.1 Å². The summed E-state index contributed by atoms with van der Waals surface area (Å²) in [6.07, 6.45) is 6.58. The Bertz CT molecular complexity index is 794. The zero-order valence-corrected chi connectivity index (χ0v) is 17.4. The quantitative estimate of drug-likeness (QED) is 0.801. The number of ether oxygens (including phenoxy) is 1. The van der Waals surface area contributed by atoms with E-state index in [-0.39, 0.29) is 0 Å². The largest absolute Gasteiger partial charge is 0.381 e. The molecule has 4 rings (SSSR count). The summed E-state index contributed by atoms with van der Waals surface area (Å²) in [7, 11) is 3.98. The van der Waals surface area contributed by atoms with Gasteiger partial charge in [-0.1, -0.05) is 5.16 Å². The normalized spacial score (nSPS) is 21.8. The Kier molecular flexibility index (Phi) is 5.64. The summed E-state index contributed by atoms with van der Waals surface area (Å²) in [5.74, 6) is 1.98. The summed E-state index contributed by atoms with van der Waals surface area (Å²) in [6, 6.07) is 0.634. The van der Waals surface area contributed by atoms with E-state index in [0.717, 1.165) is 73.2 Å². The third kappa shape index (κ3) is 3.78. The van der Waals surface area contributed by atoms with Gasteiger partial charge in [-0.2, -0.15) is 0 Å². The van der Waals surface area contributed by atoms with Crippen molar-refractivity contribution in [2.24, 2.45) is 0 Å². The summed E-state index contributed by atoms with van der Waals surface area (Å²) in [6.45, 7) is 7.94. The van der Waals surface area contributed by atoms with Crippen molar-refractivity contribution in [3.05, 3.63) is 23.3 Å². The van der Waals surface area contributed by atoms with Gasteiger partial charge in [0.05, 0.1) is 17.0 Å². The first-order chi connectivity index (χ1) is 13.5. The molecule has 2 aromatic rings. The molecule has 2 saturated heterocycles. The average Bonchev–Trinajstić information content (AvgIpc) is 3.06. The van der Waals surface area contributed by atoms with Crippen LogP contribution < -0.4 is 4.90 Å². The number of hydrogen-bond donors (Lipinski definition) is 0. The number of likely N-dealkylation sites (tertiary alicyclic amines) is 1. The first kappa shape index (κ1) is 19.3. The predicted octanol–water partition coefficient (Wildman–Crippen LogP) is 3.17. The number of nitrogens with zero attached hydrogens (tertiary/aromatic N) is 5. The topological polar surface area (TPSA) is 67.5 Å². The van der Waals surface area contributed by atoms with Gasteiger partial charge in [0.2, 0.25) is 5.95 Å². The highest BCUT2D eigenvalue weighted by molar-refractivity contribution is 5.70. The lowest BCUT2D eigenvalue weighted by molar-refractivity contribution is 0.0238. The number of aromatic nitrogens is 3. The van der Waals surface area contributed by atoms with Crippen LogP contribution in [-0.4, -0.2) is 66.5 Å². The van der Waals surface area contributed by atoms with Crippen molar-refractivity contribution in [3.63, 3.8) is 0 Å². The van der Waals surface area contributed by atoms with E-state index >= 15 is 0 Å². The van der Waals surface area contributed by atoms with Crippen LogP contribution in [0.4, 0.5) is 5.95 Å². The number of hydrogen-bond acceptors (Lipinski definition) is 7. The van der Waals surface area contributed by atoms with E-state index in [0.29, 0.717) is 12.0 Å². The number of rotatable bonds is 4. The molecule has 0 bridgehead atoms. The summed E-state index contributed by atoms with van der Waals surface area (Å²) in [5, 5.41) is 4.16. The first-order valence-corrected chi connectivity index (χ1v) is 10.3. The van der Waals surface area contributed by atoms with E-state index in [1.807, 2.05) is 39.0 Å². The Hall–Kier alpha value is -1.99. The van der Waals surface area contributed by atoms with E-state index in [1.54, 1.807) is 0 Å². The van der Waals surface area contributed by atoms with Crippen LogP contribution >= 0.6 is 0 Å². The molecule has 152 valence electrons. The molecule has 0 N–H and O–H groups in total. The van der Waals surface area contributed by atoms with E-state index < -0.39 is 0 Å². The second-order valence-electron chi connectivity index (χ2n) is 8.24. The fraction of sp³-hybridized carbons (Fsp3) is 0.667. The molecule has 0 aromatic carbocycles. The van der Waals surface area contributed by atoms with Crippen LogP contribution in [0.5, 0.6) is 0 Å². The molecule has 7 heteroatoms. The van der Waals surface area contributed by atoms with Crippen molar-refractivity contribution in [2.45, 2.75) is 51.5 Å².